The van der Waals surface area contributed by atoms with E-state index in [0.717, 1.165) is 37.4 Å². The summed E-state index contributed by atoms with van der Waals surface area (Å²) in [7, 11) is 0. The topological polar surface area (TPSA) is 99.8 Å². The molecule has 2 aliphatic rings. The van der Waals surface area contributed by atoms with E-state index in [-0.39, 0.29) is 17.6 Å². The Morgan fingerprint density at radius 3 is 2.79 bits per heavy atom. The van der Waals surface area contributed by atoms with Gasteiger partial charge in [0.05, 0.1) is 5.75 Å². The summed E-state index contributed by atoms with van der Waals surface area (Å²) in [5, 5.41) is 13.6. The number of anilines is 1. The van der Waals surface area contributed by atoms with Crippen LogP contribution in [-0.2, 0) is 11.2 Å². The zero-order valence-electron chi connectivity index (χ0n) is 16.4. The maximum Gasteiger partial charge on any atom is 0.251 e. The largest absolute Gasteiger partial charge is 0.349 e. The lowest BCUT2D eigenvalue weighted by molar-refractivity contribution is -0.113. The van der Waals surface area contributed by atoms with Crippen molar-refractivity contribution in [1.82, 2.24) is 20.5 Å². The van der Waals surface area contributed by atoms with Gasteiger partial charge < -0.3 is 10.6 Å². The van der Waals surface area contributed by atoms with Crippen molar-refractivity contribution in [3.8, 4) is 0 Å². The van der Waals surface area contributed by atoms with Crippen LogP contribution in [0.5, 0.6) is 0 Å². The van der Waals surface area contributed by atoms with Gasteiger partial charge in [0.2, 0.25) is 11.1 Å². The number of carbonyl (C=O) groups excluding carboxylic acids is 2. The molecule has 0 radical (unpaired) electrons. The second-order valence-corrected chi connectivity index (χ2v) is 8.86. The van der Waals surface area contributed by atoms with Gasteiger partial charge in [-0.3, -0.25) is 14.7 Å². The van der Waals surface area contributed by atoms with Crippen LogP contribution < -0.4 is 10.6 Å². The molecule has 0 atom stereocenters. The summed E-state index contributed by atoms with van der Waals surface area (Å²) < 4.78 is 0. The number of nitrogens with one attached hydrogen (secondary N) is 3. The molecule has 3 N–H and O–H groups in total. The molecule has 0 bridgehead atoms. The highest BCUT2D eigenvalue weighted by Gasteiger charge is 2.23. The molecule has 2 aliphatic carbocycles. The summed E-state index contributed by atoms with van der Waals surface area (Å²) in [4.78, 5) is 28.9. The van der Waals surface area contributed by atoms with E-state index in [1.165, 1.54) is 37.4 Å². The second kappa shape index (κ2) is 9.43. The molecule has 1 aromatic carbocycles. The number of thioether (sulfide) groups is 1. The van der Waals surface area contributed by atoms with Crippen molar-refractivity contribution in [2.24, 2.45) is 5.92 Å². The molecule has 29 heavy (non-hydrogen) atoms. The Morgan fingerprint density at radius 1 is 1.17 bits per heavy atom. The lowest BCUT2D eigenvalue weighted by Crippen LogP contribution is -2.25. The molecule has 1 aromatic heterocycles. The van der Waals surface area contributed by atoms with E-state index >= 15 is 0 Å². The zero-order chi connectivity index (χ0) is 20.1. The number of benzene rings is 1. The first kappa shape index (κ1) is 19.9. The Hall–Kier alpha value is -2.35. The van der Waals surface area contributed by atoms with Gasteiger partial charge in [-0.25, -0.2) is 4.98 Å². The summed E-state index contributed by atoms with van der Waals surface area (Å²) in [6.07, 6.45) is 9.53. The predicted octanol–water partition coefficient (Wildman–Crippen LogP) is 3.55. The normalized spacial score (nSPS) is 16.7. The molecule has 2 saturated carbocycles. The van der Waals surface area contributed by atoms with Crippen LogP contribution in [0.15, 0.2) is 29.4 Å². The van der Waals surface area contributed by atoms with Gasteiger partial charge in [-0.1, -0.05) is 43.5 Å². The fourth-order valence-electron chi connectivity index (χ4n) is 3.66. The highest BCUT2D eigenvalue weighted by atomic mass is 32.2. The van der Waals surface area contributed by atoms with Crippen LogP contribution in [0.1, 0.15) is 61.1 Å². The zero-order valence-corrected chi connectivity index (χ0v) is 17.3. The average molecular weight is 414 g/mol. The smallest absolute Gasteiger partial charge is 0.251 e. The SMILES string of the molecule is O=C(CSc1n[nH]c(CCC2CCCC2)n1)Nc1cccc(C(=O)NC2CC2)c1. The summed E-state index contributed by atoms with van der Waals surface area (Å²) in [6.45, 7) is 0. The van der Waals surface area contributed by atoms with Gasteiger partial charge in [0.1, 0.15) is 5.82 Å². The van der Waals surface area contributed by atoms with Crippen LogP contribution in [-0.4, -0.2) is 38.8 Å². The maximum absolute atomic E-state index is 12.3. The fourth-order valence-corrected chi connectivity index (χ4v) is 4.27. The highest BCUT2D eigenvalue weighted by molar-refractivity contribution is 7.99. The summed E-state index contributed by atoms with van der Waals surface area (Å²) in [5.74, 6) is 1.70. The van der Waals surface area contributed by atoms with Gasteiger partial charge in [0.15, 0.2) is 0 Å². The summed E-state index contributed by atoms with van der Waals surface area (Å²) in [6, 6.07) is 7.32. The molecule has 8 heteroatoms. The molecular formula is C21H27N5O2S. The quantitative estimate of drug-likeness (QED) is 0.546. The van der Waals surface area contributed by atoms with E-state index in [2.05, 4.69) is 25.8 Å². The Kier molecular flexibility index (Phi) is 6.49. The van der Waals surface area contributed by atoms with Crippen molar-refractivity contribution in [3.63, 3.8) is 0 Å². The highest BCUT2D eigenvalue weighted by Crippen LogP contribution is 2.28. The van der Waals surface area contributed by atoms with E-state index < -0.39 is 0 Å². The number of aryl methyl sites for hydroxylation is 1. The van der Waals surface area contributed by atoms with Crippen molar-refractivity contribution in [2.75, 3.05) is 11.1 Å². The van der Waals surface area contributed by atoms with E-state index in [0.29, 0.717) is 22.4 Å². The molecule has 0 spiro atoms. The van der Waals surface area contributed by atoms with Crippen LogP contribution >= 0.6 is 11.8 Å². The predicted molar refractivity (Wildman–Crippen MR) is 113 cm³/mol. The average Bonchev–Trinajstić information content (AvgIpc) is 3.19. The molecule has 0 saturated heterocycles. The van der Waals surface area contributed by atoms with Gasteiger partial charge in [0.25, 0.3) is 5.91 Å². The number of H-pyrrole nitrogens is 1. The van der Waals surface area contributed by atoms with Gasteiger partial charge in [-0.15, -0.1) is 5.10 Å². The van der Waals surface area contributed by atoms with Crippen molar-refractivity contribution < 1.29 is 9.59 Å². The maximum atomic E-state index is 12.3. The molecule has 4 rings (SSSR count). The van der Waals surface area contributed by atoms with Crippen LogP contribution in [0, 0.1) is 5.92 Å². The number of rotatable bonds is 9. The minimum Gasteiger partial charge on any atom is -0.349 e. The van der Waals surface area contributed by atoms with E-state index in [1.807, 2.05) is 0 Å². The third-order valence-electron chi connectivity index (χ3n) is 5.43. The van der Waals surface area contributed by atoms with E-state index in [1.54, 1.807) is 24.3 Å². The number of hydrogen-bond donors (Lipinski definition) is 3. The number of aromatic nitrogens is 3. The molecular weight excluding hydrogens is 386 g/mol. The first-order chi connectivity index (χ1) is 14.2. The molecule has 1 heterocycles. The minimum atomic E-state index is -0.146. The molecule has 7 nitrogen and oxygen atoms in total. The van der Waals surface area contributed by atoms with Crippen LogP contribution in [0.4, 0.5) is 5.69 Å². The number of amides is 2. The van der Waals surface area contributed by atoms with E-state index in [9.17, 15) is 9.59 Å². The lowest BCUT2D eigenvalue weighted by Gasteiger charge is -2.07. The molecule has 2 aromatic rings. The van der Waals surface area contributed by atoms with Crippen molar-refractivity contribution in [1.29, 1.82) is 0 Å². The van der Waals surface area contributed by atoms with E-state index in [4.69, 9.17) is 0 Å². The molecule has 0 unspecified atom stereocenters. The van der Waals surface area contributed by atoms with Crippen LogP contribution in [0.2, 0.25) is 0 Å². The van der Waals surface area contributed by atoms with Gasteiger partial charge >= 0.3 is 0 Å². The summed E-state index contributed by atoms with van der Waals surface area (Å²) in [5.41, 5.74) is 1.18. The van der Waals surface area contributed by atoms with Crippen molar-refractivity contribution in [2.45, 2.75) is 62.6 Å². The second-order valence-electron chi connectivity index (χ2n) is 7.92. The van der Waals surface area contributed by atoms with Gasteiger partial charge in [-0.05, 0) is 43.4 Å². The monoisotopic (exact) mass is 413 g/mol. The van der Waals surface area contributed by atoms with Crippen molar-refractivity contribution in [3.05, 3.63) is 35.7 Å². The fraction of sp³-hybridized carbons (Fsp3) is 0.524. The van der Waals surface area contributed by atoms with Crippen molar-refractivity contribution >= 4 is 29.3 Å². The summed E-state index contributed by atoms with van der Waals surface area (Å²) >= 11 is 1.31. The standard InChI is InChI=1S/C21H27N5O2S/c27-19(22-17-7-3-6-15(12-17)20(28)23-16-9-10-16)13-29-21-24-18(25-26-21)11-8-14-4-1-2-5-14/h3,6-7,12,14,16H,1-2,4-5,8-11,13H2,(H,22,27)(H,23,28)(H,24,25,26). The number of carbonyl (C=O) groups is 2. The first-order valence-corrected chi connectivity index (χ1v) is 11.4. The Bertz CT molecular complexity index is 858. The number of nitrogens with zero attached hydrogens (tertiary/aromatic N) is 2. The Labute approximate surface area is 174 Å². The van der Waals surface area contributed by atoms with Crippen LogP contribution in [0.3, 0.4) is 0 Å². The molecule has 2 amide bonds. The third kappa shape index (κ3) is 6.06. The Balaban J connectivity index is 1.22. The lowest BCUT2D eigenvalue weighted by atomic mass is 10.0. The number of hydrogen-bond acceptors (Lipinski definition) is 5. The minimum absolute atomic E-state index is 0.0937. The Morgan fingerprint density at radius 2 is 2.00 bits per heavy atom. The molecule has 154 valence electrons. The molecule has 0 aliphatic heterocycles. The molecule has 2 fully saturated rings. The van der Waals surface area contributed by atoms with Crippen LogP contribution in [0.25, 0.3) is 0 Å². The third-order valence-corrected chi connectivity index (χ3v) is 6.28. The first-order valence-electron chi connectivity index (χ1n) is 10.4. The van der Waals surface area contributed by atoms with Gasteiger partial charge in [-0.2, -0.15) is 0 Å². The number of aromatic amines is 1. The van der Waals surface area contributed by atoms with Gasteiger partial charge in [0, 0.05) is 23.7 Å².